The van der Waals surface area contributed by atoms with E-state index in [1.165, 1.54) is 11.3 Å². The van der Waals surface area contributed by atoms with Crippen LogP contribution in [-0.2, 0) is 0 Å². The van der Waals surface area contributed by atoms with Crippen molar-refractivity contribution in [1.82, 2.24) is 4.98 Å². The number of hydrogen-bond donors (Lipinski definition) is 1. The summed E-state index contributed by atoms with van der Waals surface area (Å²) < 4.78 is 5.44. The number of nitriles is 1. The molecule has 0 radical (unpaired) electrons. The maximum absolute atomic E-state index is 8.95. The normalized spacial score (nSPS) is 9.93. The Bertz CT molecular complexity index is 521. The molecule has 0 unspecified atom stereocenters. The second-order valence-corrected chi connectivity index (χ2v) is 3.97. The number of aromatic nitrogens is 1. The van der Waals surface area contributed by atoms with Crippen molar-refractivity contribution in [3.63, 3.8) is 0 Å². The lowest BCUT2D eigenvalue weighted by Crippen LogP contribution is -1.85. The predicted molar refractivity (Wildman–Crippen MR) is 58.8 cm³/mol. The minimum absolute atomic E-state index is 0.564. The lowest BCUT2D eigenvalue weighted by molar-refractivity contribution is 0.546. The number of nitrogens with zero attached hydrogens (tertiary/aromatic N) is 2. The van der Waals surface area contributed by atoms with Crippen molar-refractivity contribution in [3.8, 4) is 17.5 Å². The molecule has 0 atom stereocenters. The fraction of sp³-hybridized carbons (Fsp3) is 0.200. The smallest absolute Gasteiger partial charge is 0.184 e. The van der Waals surface area contributed by atoms with E-state index < -0.39 is 0 Å². The van der Waals surface area contributed by atoms with Gasteiger partial charge in [-0.3, -0.25) is 0 Å². The van der Waals surface area contributed by atoms with Gasteiger partial charge in [-0.15, -0.1) is 0 Å². The van der Waals surface area contributed by atoms with Gasteiger partial charge in [0.05, 0.1) is 0 Å². The van der Waals surface area contributed by atoms with Gasteiger partial charge >= 0.3 is 0 Å². The number of rotatable bonds is 2. The Morgan fingerprint density at radius 1 is 1.53 bits per heavy atom. The van der Waals surface area contributed by atoms with E-state index in [0.717, 1.165) is 10.9 Å². The Hall–Kier alpha value is -1.80. The number of anilines is 1. The van der Waals surface area contributed by atoms with Crippen LogP contribution in [-0.4, -0.2) is 12.0 Å². The zero-order valence-corrected chi connectivity index (χ0v) is 9.18. The molecular weight excluding hydrogens is 210 g/mol. The highest BCUT2D eigenvalue weighted by Crippen LogP contribution is 2.31. The fourth-order valence-corrected chi connectivity index (χ4v) is 1.95. The maximum atomic E-state index is 8.95. The summed E-state index contributed by atoms with van der Waals surface area (Å²) in [5, 5.41) is 12.6. The van der Waals surface area contributed by atoms with Crippen LogP contribution in [0.5, 0.6) is 0 Å². The van der Waals surface area contributed by atoms with Crippen molar-refractivity contribution < 1.29 is 4.42 Å². The Balaban J connectivity index is 2.52. The Morgan fingerprint density at radius 3 is 2.87 bits per heavy atom. The van der Waals surface area contributed by atoms with Crippen LogP contribution in [0.2, 0.25) is 0 Å². The number of aryl methyl sites for hydroxylation is 1. The van der Waals surface area contributed by atoms with E-state index >= 15 is 0 Å². The topological polar surface area (TPSA) is 61.9 Å². The minimum atomic E-state index is 0.564. The average Bonchev–Trinajstić information content (AvgIpc) is 2.82. The zero-order chi connectivity index (χ0) is 10.8. The first-order chi connectivity index (χ1) is 7.24. The molecular formula is C10H9N3OS. The summed E-state index contributed by atoms with van der Waals surface area (Å²) in [5.41, 5.74) is 0.611. The summed E-state index contributed by atoms with van der Waals surface area (Å²) >= 11 is 1.32. The molecule has 76 valence electrons. The van der Waals surface area contributed by atoms with Crippen molar-refractivity contribution in [1.29, 1.82) is 5.26 Å². The Morgan fingerprint density at radius 2 is 2.33 bits per heavy atom. The SMILES string of the molecule is CNc1nc(-c2ccc(C)o2)c(C#N)s1. The van der Waals surface area contributed by atoms with Crippen LogP contribution in [0.1, 0.15) is 10.6 Å². The van der Waals surface area contributed by atoms with E-state index in [4.69, 9.17) is 9.68 Å². The van der Waals surface area contributed by atoms with Gasteiger partial charge in [0.15, 0.2) is 10.9 Å². The largest absolute Gasteiger partial charge is 0.460 e. The Kier molecular flexibility index (Phi) is 2.44. The lowest BCUT2D eigenvalue weighted by atomic mass is 10.3. The van der Waals surface area contributed by atoms with E-state index in [0.29, 0.717) is 16.3 Å². The summed E-state index contributed by atoms with van der Waals surface area (Å²) in [5.74, 6) is 1.45. The summed E-state index contributed by atoms with van der Waals surface area (Å²) in [6.45, 7) is 1.86. The van der Waals surface area contributed by atoms with Gasteiger partial charge in [0.2, 0.25) is 0 Å². The monoisotopic (exact) mass is 219 g/mol. The third-order valence-electron chi connectivity index (χ3n) is 1.92. The molecule has 1 N–H and O–H groups in total. The van der Waals surface area contributed by atoms with Gasteiger partial charge in [-0.2, -0.15) is 5.26 Å². The summed E-state index contributed by atoms with van der Waals surface area (Å²) in [6, 6.07) is 5.79. The van der Waals surface area contributed by atoms with Crippen LogP contribution in [0.15, 0.2) is 16.5 Å². The van der Waals surface area contributed by atoms with E-state index in [2.05, 4.69) is 16.4 Å². The van der Waals surface area contributed by atoms with Gasteiger partial charge in [0, 0.05) is 7.05 Å². The zero-order valence-electron chi connectivity index (χ0n) is 8.37. The van der Waals surface area contributed by atoms with Crippen molar-refractivity contribution in [2.24, 2.45) is 0 Å². The molecule has 0 fully saturated rings. The van der Waals surface area contributed by atoms with Gasteiger partial charge in [0.25, 0.3) is 0 Å². The van der Waals surface area contributed by atoms with Gasteiger partial charge < -0.3 is 9.73 Å². The van der Waals surface area contributed by atoms with Crippen molar-refractivity contribution in [3.05, 3.63) is 22.8 Å². The molecule has 0 aromatic carbocycles. The van der Waals surface area contributed by atoms with Gasteiger partial charge in [-0.25, -0.2) is 4.98 Å². The van der Waals surface area contributed by atoms with E-state index in [-0.39, 0.29) is 0 Å². The highest BCUT2D eigenvalue weighted by Gasteiger charge is 2.14. The quantitative estimate of drug-likeness (QED) is 0.843. The molecule has 2 heterocycles. The molecule has 5 heteroatoms. The first-order valence-electron chi connectivity index (χ1n) is 4.40. The summed E-state index contributed by atoms with van der Waals surface area (Å²) in [7, 11) is 1.77. The van der Waals surface area contributed by atoms with Gasteiger partial charge in [0.1, 0.15) is 22.4 Å². The first kappa shape index (κ1) is 9.74. The van der Waals surface area contributed by atoms with E-state index in [1.54, 1.807) is 7.05 Å². The first-order valence-corrected chi connectivity index (χ1v) is 5.21. The highest BCUT2D eigenvalue weighted by atomic mass is 32.1. The third kappa shape index (κ3) is 1.72. The summed E-state index contributed by atoms with van der Waals surface area (Å²) in [6.07, 6.45) is 0. The van der Waals surface area contributed by atoms with E-state index in [9.17, 15) is 0 Å². The van der Waals surface area contributed by atoms with Crippen LogP contribution in [0.4, 0.5) is 5.13 Å². The fourth-order valence-electron chi connectivity index (χ4n) is 1.23. The highest BCUT2D eigenvalue weighted by molar-refractivity contribution is 7.16. The van der Waals surface area contributed by atoms with Crippen molar-refractivity contribution in [2.75, 3.05) is 12.4 Å². The molecule has 0 saturated carbocycles. The van der Waals surface area contributed by atoms with Crippen LogP contribution in [0.25, 0.3) is 11.5 Å². The Labute approximate surface area is 91.2 Å². The molecule has 0 aliphatic carbocycles. The number of thiazole rings is 1. The molecule has 2 aromatic rings. The lowest BCUT2D eigenvalue weighted by Gasteiger charge is -1.90. The number of furan rings is 1. The molecule has 0 bridgehead atoms. The average molecular weight is 219 g/mol. The number of hydrogen-bond acceptors (Lipinski definition) is 5. The molecule has 0 saturated heterocycles. The van der Waals surface area contributed by atoms with Gasteiger partial charge in [-0.1, -0.05) is 11.3 Å². The van der Waals surface area contributed by atoms with Crippen LogP contribution in [0.3, 0.4) is 0 Å². The third-order valence-corrected chi connectivity index (χ3v) is 2.89. The van der Waals surface area contributed by atoms with Gasteiger partial charge in [-0.05, 0) is 19.1 Å². The van der Waals surface area contributed by atoms with E-state index in [1.807, 2.05) is 19.1 Å². The maximum Gasteiger partial charge on any atom is 0.184 e. The summed E-state index contributed by atoms with van der Waals surface area (Å²) in [4.78, 5) is 4.84. The van der Waals surface area contributed by atoms with Crippen LogP contribution < -0.4 is 5.32 Å². The molecule has 0 amide bonds. The molecule has 0 aliphatic heterocycles. The second kappa shape index (κ2) is 3.75. The molecule has 15 heavy (non-hydrogen) atoms. The standard InChI is InChI=1S/C10H9N3OS/c1-6-3-4-7(14-6)9-8(5-11)15-10(12-2)13-9/h3-4H,1-2H3,(H,12,13). The van der Waals surface area contributed by atoms with Crippen LogP contribution >= 0.6 is 11.3 Å². The molecule has 2 aromatic heterocycles. The van der Waals surface area contributed by atoms with Crippen LogP contribution in [0, 0.1) is 18.3 Å². The number of nitrogens with one attached hydrogen (secondary N) is 1. The minimum Gasteiger partial charge on any atom is -0.460 e. The molecule has 2 rings (SSSR count). The van der Waals surface area contributed by atoms with Crippen molar-refractivity contribution >= 4 is 16.5 Å². The predicted octanol–water partition coefficient (Wildman–Crippen LogP) is 2.62. The van der Waals surface area contributed by atoms with Crippen molar-refractivity contribution in [2.45, 2.75) is 6.92 Å². The molecule has 4 nitrogen and oxygen atoms in total. The molecule has 0 aliphatic rings. The molecule has 0 spiro atoms. The second-order valence-electron chi connectivity index (χ2n) is 2.97.